The molecule has 2 N–H and O–H groups in total. The SMILES string of the molecule is C=C(NC(=NC)NC(=O)OCCC)C1=CC=C(Br)CC1. The summed E-state index contributed by atoms with van der Waals surface area (Å²) in [5.41, 5.74) is 1.80. The Labute approximate surface area is 128 Å². The summed E-state index contributed by atoms with van der Waals surface area (Å²) in [5, 5.41) is 5.53. The lowest BCUT2D eigenvalue weighted by molar-refractivity contribution is 0.151. The molecule has 6 heteroatoms. The van der Waals surface area contributed by atoms with Crippen molar-refractivity contribution in [3.05, 3.63) is 34.5 Å². The quantitative estimate of drug-likeness (QED) is 0.609. The number of aliphatic imine (C=N–C) groups is 1. The zero-order valence-electron chi connectivity index (χ0n) is 11.8. The van der Waals surface area contributed by atoms with Gasteiger partial charge in [0.25, 0.3) is 0 Å². The Morgan fingerprint density at radius 2 is 2.20 bits per heavy atom. The van der Waals surface area contributed by atoms with Crippen molar-refractivity contribution in [2.45, 2.75) is 26.2 Å². The minimum absolute atomic E-state index is 0.325. The van der Waals surface area contributed by atoms with Crippen LogP contribution in [-0.4, -0.2) is 25.7 Å². The monoisotopic (exact) mass is 341 g/mol. The maximum absolute atomic E-state index is 11.5. The highest BCUT2D eigenvalue weighted by molar-refractivity contribution is 9.11. The molecule has 1 amide bonds. The number of alkyl carbamates (subject to hydrolysis) is 1. The van der Waals surface area contributed by atoms with E-state index in [0.717, 1.165) is 30.5 Å². The Morgan fingerprint density at radius 1 is 1.45 bits per heavy atom. The van der Waals surface area contributed by atoms with Gasteiger partial charge in [-0.1, -0.05) is 41.6 Å². The fourth-order valence-corrected chi connectivity index (χ4v) is 1.89. The maximum Gasteiger partial charge on any atom is 0.413 e. The first-order chi connectivity index (χ1) is 9.56. The Balaban J connectivity index is 2.52. The van der Waals surface area contributed by atoms with Gasteiger partial charge in [-0.2, -0.15) is 0 Å². The molecule has 1 aliphatic rings. The molecule has 0 aromatic rings. The van der Waals surface area contributed by atoms with Crippen LogP contribution in [0.4, 0.5) is 4.79 Å². The van der Waals surface area contributed by atoms with Crippen LogP contribution in [-0.2, 0) is 4.74 Å². The van der Waals surface area contributed by atoms with Crippen LogP contribution in [0.2, 0.25) is 0 Å². The molecule has 0 atom stereocenters. The number of rotatable bonds is 4. The molecule has 0 aromatic carbocycles. The standard InChI is InChI=1S/C14H20BrN3O2/c1-4-9-20-14(19)18-13(16-3)17-10(2)11-5-7-12(15)8-6-11/h5,7H,2,4,6,8-9H2,1,3H3,(H2,16,17,18,19). The minimum atomic E-state index is -0.520. The molecule has 0 unspecified atom stereocenters. The van der Waals surface area contributed by atoms with Gasteiger partial charge in [0.2, 0.25) is 5.96 Å². The average Bonchev–Trinajstić information content (AvgIpc) is 2.44. The van der Waals surface area contributed by atoms with Crippen LogP contribution >= 0.6 is 15.9 Å². The molecule has 1 aliphatic carbocycles. The second-order valence-corrected chi connectivity index (χ2v) is 5.26. The third-order valence-electron chi connectivity index (χ3n) is 2.64. The maximum atomic E-state index is 11.5. The highest BCUT2D eigenvalue weighted by atomic mass is 79.9. The van der Waals surface area contributed by atoms with E-state index < -0.39 is 6.09 Å². The molecule has 0 aromatic heterocycles. The summed E-state index contributed by atoms with van der Waals surface area (Å²) >= 11 is 3.46. The van der Waals surface area contributed by atoms with Crippen molar-refractivity contribution in [2.24, 2.45) is 4.99 Å². The van der Waals surface area contributed by atoms with Crippen molar-refractivity contribution in [1.29, 1.82) is 0 Å². The average molecular weight is 342 g/mol. The molecular weight excluding hydrogens is 322 g/mol. The normalized spacial score (nSPS) is 15.1. The predicted octanol–water partition coefficient (Wildman–Crippen LogP) is 3.21. The number of hydrogen-bond acceptors (Lipinski definition) is 3. The smallest absolute Gasteiger partial charge is 0.413 e. The largest absolute Gasteiger partial charge is 0.449 e. The van der Waals surface area contributed by atoms with E-state index in [1.54, 1.807) is 7.05 Å². The molecule has 110 valence electrons. The molecule has 5 nitrogen and oxygen atoms in total. The van der Waals surface area contributed by atoms with Gasteiger partial charge in [0, 0.05) is 12.7 Å². The van der Waals surface area contributed by atoms with Gasteiger partial charge in [0.05, 0.1) is 6.61 Å². The summed E-state index contributed by atoms with van der Waals surface area (Å²) in [6.07, 6.45) is 6.08. The van der Waals surface area contributed by atoms with Crippen molar-refractivity contribution < 1.29 is 9.53 Å². The van der Waals surface area contributed by atoms with E-state index in [0.29, 0.717) is 12.6 Å². The molecule has 0 radical (unpaired) electrons. The molecule has 0 bridgehead atoms. The number of guanidine groups is 1. The number of amides is 1. The topological polar surface area (TPSA) is 62.7 Å². The van der Waals surface area contributed by atoms with Crippen molar-refractivity contribution in [3.63, 3.8) is 0 Å². The van der Waals surface area contributed by atoms with Crippen molar-refractivity contribution in [3.8, 4) is 0 Å². The summed E-state index contributed by atoms with van der Waals surface area (Å²) in [7, 11) is 1.58. The molecule has 0 saturated heterocycles. The van der Waals surface area contributed by atoms with Crippen LogP contribution in [0.25, 0.3) is 0 Å². The number of carbonyl (C=O) groups excluding carboxylic acids is 1. The van der Waals surface area contributed by atoms with Crippen LogP contribution in [0.1, 0.15) is 26.2 Å². The van der Waals surface area contributed by atoms with Crippen LogP contribution in [0.15, 0.2) is 39.5 Å². The van der Waals surface area contributed by atoms with Crippen LogP contribution in [0.5, 0.6) is 0 Å². The fourth-order valence-electron chi connectivity index (χ4n) is 1.56. The first-order valence-corrected chi connectivity index (χ1v) is 7.28. The lowest BCUT2D eigenvalue weighted by Gasteiger charge is -2.17. The van der Waals surface area contributed by atoms with Crippen molar-refractivity contribution >= 4 is 28.0 Å². The van der Waals surface area contributed by atoms with Gasteiger partial charge in [-0.15, -0.1) is 0 Å². The lowest BCUT2D eigenvalue weighted by atomic mass is 10.0. The highest BCUT2D eigenvalue weighted by Crippen LogP contribution is 2.25. The van der Waals surface area contributed by atoms with E-state index in [1.165, 1.54) is 4.48 Å². The molecule has 0 fully saturated rings. The molecule has 0 aliphatic heterocycles. The first kappa shape index (κ1) is 16.5. The second kappa shape index (κ2) is 8.58. The lowest BCUT2D eigenvalue weighted by Crippen LogP contribution is -2.41. The van der Waals surface area contributed by atoms with Gasteiger partial charge < -0.3 is 10.1 Å². The number of ether oxygens (including phenoxy) is 1. The van der Waals surface area contributed by atoms with E-state index in [2.05, 4.69) is 38.1 Å². The Kier molecular flexibility index (Phi) is 7.08. The minimum Gasteiger partial charge on any atom is -0.449 e. The third-order valence-corrected chi connectivity index (χ3v) is 3.30. The number of carbonyl (C=O) groups is 1. The van der Waals surface area contributed by atoms with Crippen molar-refractivity contribution in [2.75, 3.05) is 13.7 Å². The molecule has 0 spiro atoms. The van der Waals surface area contributed by atoms with Crippen LogP contribution in [0, 0.1) is 0 Å². The van der Waals surface area contributed by atoms with Crippen LogP contribution < -0.4 is 10.6 Å². The van der Waals surface area contributed by atoms with Crippen molar-refractivity contribution in [1.82, 2.24) is 10.6 Å². The van der Waals surface area contributed by atoms with Crippen LogP contribution in [0.3, 0.4) is 0 Å². The van der Waals surface area contributed by atoms with Gasteiger partial charge in [0.15, 0.2) is 0 Å². The Hall–Kier alpha value is -1.56. The third kappa shape index (κ3) is 5.61. The second-order valence-electron chi connectivity index (χ2n) is 4.24. The van der Waals surface area contributed by atoms with E-state index in [9.17, 15) is 4.79 Å². The van der Waals surface area contributed by atoms with Gasteiger partial charge in [-0.25, -0.2) is 4.79 Å². The van der Waals surface area contributed by atoms with Gasteiger partial charge in [-0.3, -0.25) is 10.3 Å². The van der Waals surface area contributed by atoms with E-state index in [1.807, 2.05) is 19.1 Å². The number of hydrogen-bond donors (Lipinski definition) is 2. The van der Waals surface area contributed by atoms with E-state index >= 15 is 0 Å². The summed E-state index contributed by atoms with van der Waals surface area (Å²) in [6.45, 7) is 6.28. The molecule has 20 heavy (non-hydrogen) atoms. The van der Waals surface area contributed by atoms with E-state index in [4.69, 9.17) is 4.74 Å². The molecule has 0 heterocycles. The summed E-state index contributed by atoms with van der Waals surface area (Å²) in [5.74, 6) is 0.325. The van der Waals surface area contributed by atoms with Gasteiger partial charge >= 0.3 is 6.09 Å². The summed E-state index contributed by atoms with van der Waals surface area (Å²) < 4.78 is 6.10. The number of nitrogens with one attached hydrogen (secondary N) is 2. The molecule has 1 rings (SSSR count). The zero-order valence-corrected chi connectivity index (χ0v) is 13.4. The summed E-state index contributed by atoms with van der Waals surface area (Å²) in [4.78, 5) is 15.4. The summed E-state index contributed by atoms with van der Waals surface area (Å²) in [6, 6.07) is 0. The van der Waals surface area contributed by atoms with E-state index in [-0.39, 0.29) is 0 Å². The Bertz CT molecular complexity index is 467. The van der Waals surface area contributed by atoms with Gasteiger partial charge in [0.1, 0.15) is 0 Å². The number of allylic oxidation sites excluding steroid dienone is 4. The first-order valence-electron chi connectivity index (χ1n) is 6.49. The molecule has 0 saturated carbocycles. The number of nitrogens with zero attached hydrogens (tertiary/aromatic N) is 1. The number of halogens is 1. The molecular formula is C14H20BrN3O2. The highest BCUT2D eigenvalue weighted by Gasteiger charge is 2.11. The predicted molar refractivity (Wildman–Crippen MR) is 84.7 cm³/mol. The van der Waals surface area contributed by atoms with Gasteiger partial charge in [-0.05, 0) is 29.3 Å². The Morgan fingerprint density at radius 3 is 2.75 bits per heavy atom. The fraction of sp³-hybridized carbons (Fsp3) is 0.429. The zero-order chi connectivity index (χ0) is 15.0.